The predicted molar refractivity (Wildman–Crippen MR) is 95.2 cm³/mol. The van der Waals surface area contributed by atoms with Gasteiger partial charge in [0.15, 0.2) is 11.5 Å². The first-order valence-corrected chi connectivity index (χ1v) is 8.71. The molecule has 1 aliphatic rings. The molecule has 4 aromatic rings. The van der Waals surface area contributed by atoms with Gasteiger partial charge in [-0.3, -0.25) is 4.40 Å². The van der Waals surface area contributed by atoms with Crippen molar-refractivity contribution in [2.45, 2.75) is 25.8 Å². The van der Waals surface area contributed by atoms with Crippen LogP contribution in [0.3, 0.4) is 0 Å². The van der Waals surface area contributed by atoms with E-state index in [1.54, 1.807) is 11.3 Å². The number of anilines is 1. The first-order chi connectivity index (χ1) is 11.3. The third-order valence-electron chi connectivity index (χ3n) is 4.26. The lowest BCUT2D eigenvalue weighted by molar-refractivity contribution is 1.10. The van der Waals surface area contributed by atoms with Crippen LogP contribution in [-0.4, -0.2) is 20.4 Å². The summed E-state index contributed by atoms with van der Waals surface area (Å²) in [6.07, 6.45) is 4.38. The third-order valence-corrected chi connectivity index (χ3v) is 5.41. The van der Waals surface area contributed by atoms with Crippen molar-refractivity contribution in [1.29, 1.82) is 0 Å². The van der Waals surface area contributed by atoms with Crippen LogP contribution < -0.4 is 5.32 Å². The number of imidazole rings is 1. The number of aromatic nitrogens is 3. The molecule has 0 unspecified atom stereocenters. The van der Waals surface area contributed by atoms with Crippen LogP contribution >= 0.6 is 11.3 Å². The number of nitrogens with one attached hydrogen (secondary N) is 1. The summed E-state index contributed by atoms with van der Waals surface area (Å²) in [7, 11) is 0. The average Bonchev–Trinajstić information content (AvgIpc) is 3.15. The molecule has 3 aromatic heterocycles. The van der Waals surface area contributed by atoms with Crippen molar-refractivity contribution in [2.24, 2.45) is 0 Å². The highest BCUT2D eigenvalue weighted by Gasteiger charge is 2.24. The molecule has 5 heteroatoms. The van der Waals surface area contributed by atoms with E-state index in [2.05, 4.69) is 52.0 Å². The molecule has 0 aliphatic heterocycles. The van der Waals surface area contributed by atoms with Crippen molar-refractivity contribution >= 4 is 33.1 Å². The van der Waals surface area contributed by atoms with Crippen molar-refractivity contribution in [2.75, 3.05) is 5.32 Å². The van der Waals surface area contributed by atoms with Crippen LogP contribution in [0.15, 0.2) is 42.6 Å². The van der Waals surface area contributed by atoms with Gasteiger partial charge in [0.2, 0.25) is 0 Å². The van der Waals surface area contributed by atoms with E-state index in [1.807, 2.05) is 12.3 Å². The highest BCUT2D eigenvalue weighted by molar-refractivity contribution is 7.21. The van der Waals surface area contributed by atoms with Crippen LogP contribution in [0.1, 0.15) is 18.5 Å². The lowest BCUT2D eigenvalue weighted by Gasteiger charge is -2.07. The fraction of sp³-hybridized carbons (Fsp3) is 0.222. The predicted octanol–water partition coefficient (Wildman–Crippen LogP) is 4.49. The summed E-state index contributed by atoms with van der Waals surface area (Å²) in [6.45, 7) is 2.10. The van der Waals surface area contributed by atoms with Gasteiger partial charge in [-0.25, -0.2) is 9.97 Å². The Labute approximate surface area is 137 Å². The summed E-state index contributed by atoms with van der Waals surface area (Å²) in [5.41, 5.74) is 4.35. The lowest BCUT2D eigenvalue weighted by Crippen LogP contribution is -2.06. The van der Waals surface area contributed by atoms with Crippen molar-refractivity contribution in [3.8, 4) is 10.4 Å². The van der Waals surface area contributed by atoms with Gasteiger partial charge in [-0.2, -0.15) is 0 Å². The second-order valence-electron chi connectivity index (χ2n) is 6.10. The van der Waals surface area contributed by atoms with Crippen LogP contribution in [0, 0.1) is 6.92 Å². The quantitative estimate of drug-likeness (QED) is 0.604. The number of benzene rings is 1. The maximum Gasteiger partial charge on any atom is 0.181 e. The Bertz CT molecular complexity index is 1010. The van der Waals surface area contributed by atoms with Crippen LogP contribution in [0.2, 0.25) is 0 Å². The summed E-state index contributed by atoms with van der Waals surface area (Å²) in [5.74, 6) is 0.908. The first kappa shape index (κ1) is 13.1. The van der Waals surface area contributed by atoms with Gasteiger partial charge >= 0.3 is 0 Å². The van der Waals surface area contributed by atoms with E-state index in [4.69, 9.17) is 4.98 Å². The molecule has 0 radical (unpaired) electrons. The molecule has 0 atom stereocenters. The smallest absolute Gasteiger partial charge is 0.181 e. The normalized spacial score (nSPS) is 14.7. The van der Waals surface area contributed by atoms with E-state index in [1.165, 1.54) is 23.3 Å². The van der Waals surface area contributed by atoms with Gasteiger partial charge in [0, 0.05) is 22.8 Å². The minimum absolute atomic E-state index is 0.563. The first-order valence-electron chi connectivity index (χ1n) is 7.89. The molecule has 23 heavy (non-hydrogen) atoms. The Hall–Kier alpha value is -2.40. The van der Waals surface area contributed by atoms with Crippen LogP contribution in [-0.2, 0) is 0 Å². The number of hydrogen-bond donors (Lipinski definition) is 1. The molecule has 5 rings (SSSR count). The topological polar surface area (TPSA) is 42.2 Å². The zero-order valence-electron chi connectivity index (χ0n) is 12.8. The zero-order valence-corrected chi connectivity index (χ0v) is 13.6. The van der Waals surface area contributed by atoms with Crippen molar-refractivity contribution in [3.63, 3.8) is 0 Å². The van der Waals surface area contributed by atoms with Crippen molar-refractivity contribution < 1.29 is 0 Å². The van der Waals surface area contributed by atoms with E-state index >= 15 is 0 Å². The second-order valence-corrected chi connectivity index (χ2v) is 7.14. The van der Waals surface area contributed by atoms with E-state index in [-0.39, 0.29) is 0 Å². The fourth-order valence-electron chi connectivity index (χ4n) is 2.91. The molecule has 3 heterocycles. The Kier molecular flexibility index (Phi) is 2.73. The van der Waals surface area contributed by atoms with Gasteiger partial charge in [0.25, 0.3) is 0 Å². The summed E-state index contributed by atoms with van der Waals surface area (Å²) in [5, 5.41) is 3.52. The number of fused-ring (bicyclic) bond motifs is 3. The molecule has 1 aliphatic carbocycles. The largest absolute Gasteiger partial charge is 0.364 e. The number of rotatable bonds is 3. The van der Waals surface area contributed by atoms with E-state index < -0.39 is 0 Å². The minimum atomic E-state index is 0.563. The van der Waals surface area contributed by atoms with Gasteiger partial charge in [0.05, 0.1) is 0 Å². The molecule has 1 aromatic carbocycles. The zero-order chi connectivity index (χ0) is 15.4. The molecule has 0 saturated heterocycles. The Balaban J connectivity index is 1.77. The molecule has 1 saturated carbocycles. The van der Waals surface area contributed by atoms with Crippen molar-refractivity contribution in [3.05, 3.63) is 48.3 Å². The molecular formula is C18H16N4S. The monoisotopic (exact) mass is 320 g/mol. The van der Waals surface area contributed by atoms with Gasteiger partial charge in [0.1, 0.15) is 10.3 Å². The van der Waals surface area contributed by atoms with Gasteiger partial charge in [-0.15, -0.1) is 11.3 Å². The molecular weight excluding hydrogens is 304 g/mol. The minimum Gasteiger partial charge on any atom is -0.364 e. The fourth-order valence-corrected chi connectivity index (χ4v) is 4.07. The number of aryl methyl sites for hydroxylation is 1. The molecule has 0 amide bonds. The van der Waals surface area contributed by atoms with E-state index in [0.29, 0.717) is 6.04 Å². The highest BCUT2D eigenvalue weighted by atomic mass is 32.1. The summed E-state index contributed by atoms with van der Waals surface area (Å²) < 4.78 is 2.23. The standard InChI is InChI=1S/C18H16N4S/c1-11-10-19-17-16(20-13-7-8-13)21-14-9-15(23-18(14)22(11)17)12-5-3-2-4-6-12/h2-6,9-10,13H,7-8H2,1H3,(H,20,21). The summed E-state index contributed by atoms with van der Waals surface area (Å²) in [6, 6.07) is 13.2. The third kappa shape index (κ3) is 2.11. The Morgan fingerprint density at radius 3 is 2.83 bits per heavy atom. The second kappa shape index (κ2) is 4.80. The number of hydrogen-bond acceptors (Lipinski definition) is 4. The SMILES string of the molecule is Cc1cnc2c(NC3CC3)nc3cc(-c4ccccc4)sc3n12. The summed E-state index contributed by atoms with van der Waals surface area (Å²) in [4.78, 5) is 11.8. The Morgan fingerprint density at radius 1 is 1.22 bits per heavy atom. The Morgan fingerprint density at radius 2 is 2.04 bits per heavy atom. The van der Waals surface area contributed by atoms with Crippen LogP contribution in [0.4, 0.5) is 5.82 Å². The van der Waals surface area contributed by atoms with Gasteiger partial charge in [-0.1, -0.05) is 30.3 Å². The van der Waals surface area contributed by atoms with Gasteiger partial charge in [-0.05, 0) is 31.4 Å². The number of thiophene rings is 1. The van der Waals surface area contributed by atoms with E-state index in [9.17, 15) is 0 Å². The molecule has 0 spiro atoms. The average molecular weight is 320 g/mol. The lowest BCUT2D eigenvalue weighted by atomic mass is 10.2. The number of nitrogens with zero attached hydrogens (tertiary/aromatic N) is 3. The molecule has 1 N–H and O–H groups in total. The maximum absolute atomic E-state index is 4.86. The summed E-state index contributed by atoms with van der Waals surface area (Å²) >= 11 is 1.77. The van der Waals surface area contributed by atoms with Crippen LogP contribution in [0.25, 0.3) is 26.4 Å². The van der Waals surface area contributed by atoms with Crippen molar-refractivity contribution in [1.82, 2.24) is 14.4 Å². The van der Waals surface area contributed by atoms with Gasteiger partial charge < -0.3 is 5.32 Å². The van der Waals surface area contributed by atoms with E-state index in [0.717, 1.165) is 27.5 Å². The maximum atomic E-state index is 4.86. The highest BCUT2D eigenvalue weighted by Crippen LogP contribution is 2.36. The molecule has 1 fully saturated rings. The molecule has 114 valence electrons. The molecule has 0 bridgehead atoms. The molecule has 4 nitrogen and oxygen atoms in total. The van der Waals surface area contributed by atoms with Crippen LogP contribution in [0.5, 0.6) is 0 Å².